The van der Waals surface area contributed by atoms with Gasteiger partial charge in [-0.3, -0.25) is 0 Å². The van der Waals surface area contributed by atoms with Gasteiger partial charge in [-0.2, -0.15) is 12.6 Å². The molecule has 15 heavy (non-hydrogen) atoms. The second-order valence-corrected chi connectivity index (χ2v) is 5.13. The normalized spacial score (nSPS) is 22.7. The molecule has 0 aromatic heterocycles. The van der Waals surface area contributed by atoms with Gasteiger partial charge in [-0.1, -0.05) is 0 Å². The number of carbonyl (C=O) groups excluding carboxylic acids is 1. The van der Waals surface area contributed by atoms with E-state index in [-0.39, 0.29) is 12.1 Å². The van der Waals surface area contributed by atoms with Crippen molar-refractivity contribution in [2.75, 3.05) is 25.4 Å². The van der Waals surface area contributed by atoms with Crippen LogP contribution in [0.15, 0.2) is 0 Å². The summed E-state index contributed by atoms with van der Waals surface area (Å²) in [6.45, 7) is 7.83. The average Bonchev–Trinajstić information content (AvgIpc) is 2.15. The van der Waals surface area contributed by atoms with E-state index in [1.807, 2.05) is 20.8 Å². The second kappa shape index (κ2) is 5.07. The lowest BCUT2D eigenvalue weighted by atomic mass is 10.2. The van der Waals surface area contributed by atoms with E-state index in [1.54, 1.807) is 4.90 Å². The van der Waals surface area contributed by atoms with Crippen molar-refractivity contribution in [1.82, 2.24) is 10.2 Å². The first-order valence-corrected chi connectivity index (χ1v) is 5.88. The van der Waals surface area contributed by atoms with Crippen molar-refractivity contribution in [2.45, 2.75) is 32.4 Å². The molecule has 0 bridgehead atoms. The SMILES string of the molecule is CC(C)(C)OC(=O)N1CCN[C@@H](CS)C1. The first kappa shape index (κ1) is 12.6. The summed E-state index contributed by atoms with van der Waals surface area (Å²) in [5.41, 5.74) is -0.418. The standard InChI is InChI=1S/C10H20N2O2S/c1-10(2,3)14-9(13)12-5-4-11-8(6-12)7-15/h8,11,15H,4-7H2,1-3H3/t8-/m1/s1. The topological polar surface area (TPSA) is 41.6 Å². The van der Waals surface area contributed by atoms with Crippen LogP contribution < -0.4 is 5.32 Å². The molecule has 0 aromatic rings. The Bertz CT molecular complexity index is 228. The molecule has 1 aliphatic heterocycles. The lowest BCUT2D eigenvalue weighted by molar-refractivity contribution is 0.0203. The summed E-state index contributed by atoms with van der Waals surface area (Å²) in [6, 6.07) is 0.273. The van der Waals surface area contributed by atoms with Crippen molar-refractivity contribution >= 4 is 18.7 Å². The summed E-state index contributed by atoms with van der Waals surface area (Å²) in [7, 11) is 0. The van der Waals surface area contributed by atoms with Gasteiger partial charge in [0.05, 0.1) is 0 Å². The maximum atomic E-state index is 11.7. The predicted molar refractivity (Wildman–Crippen MR) is 63.5 cm³/mol. The fraction of sp³-hybridized carbons (Fsp3) is 0.900. The highest BCUT2D eigenvalue weighted by Crippen LogP contribution is 2.11. The number of hydrogen-bond donors (Lipinski definition) is 2. The van der Waals surface area contributed by atoms with E-state index < -0.39 is 5.60 Å². The summed E-state index contributed by atoms with van der Waals surface area (Å²) in [4.78, 5) is 13.5. The molecule has 0 aromatic carbocycles. The van der Waals surface area contributed by atoms with Gasteiger partial charge < -0.3 is 15.0 Å². The number of ether oxygens (including phenoxy) is 1. The quantitative estimate of drug-likeness (QED) is 0.666. The Morgan fingerprint density at radius 3 is 2.80 bits per heavy atom. The van der Waals surface area contributed by atoms with Crippen molar-refractivity contribution in [1.29, 1.82) is 0 Å². The fourth-order valence-electron chi connectivity index (χ4n) is 1.44. The third-order valence-electron chi connectivity index (χ3n) is 2.13. The van der Waals surface area contributed by atoms with Crippen LogP contribution in [0.1, 0.15) is 20.8 Å². The first-order chi connectivity index (χ1) is 6.92. The Labute approximate surface area is 96.8 Å². The molecule has 1 heterocycles. The zero-order valence-corrected chi connectivity index (χ0v) is 10.5. The third kappa shape index (κ3) is 4.30. The van der Waals surface area contributed by atoms with Crippen LogP contribution in [-0.4, -0.2) is 48.0 Å². The Morgan fingerprint density at radius 2 is 2.27 bits per heavy atom. The summed E-state index contributed by atoms with van der Waals surface area (Å²) in [6.07, 6.45) is -0.226. The highest BCUT2D eigenvalue weighted by atomic mass is 32.1. The molecule has 1 N–H and O–H groups in total. The van der Waals surface area contributed by atoms with Gasteiger partial charge in [0.25, 0.3) is 0 Å². The number of piperazine rings is 1. The van der Waals surface area contributed by atoms with Gasteiger partial charge in [-0.05, 0) is 20.8 Å². The van der Waals surface area contributed by atoms with Gasteiger partial charge in [0.15, 0.2) is 0 Å². The minimum absolute atomic E-state index is 0.226. The number of rotatable bonds is 1. The number of thiol groups is 1. The molecule has 0 unspecified atom stereocenters. The van der Waals surface area contributed by atoms with Crippen LogP contribution in [0.3, 0.4) is 0 Å². The number of hydrogen-bond acceptors (Lipinski definition) is 4. The minimum Gasteiger partial charge on any atom is -0.444 e. The van der Waals surface area contributed by atoms with Crippen LogP contribution in [0.4, 0.5) is 4.79 Å². The summed E-state index contributed by atoms with van der Waals surface area (Å²) >= 11 is 4.22. The molecule has 88 valence electrons. The molecule has 0 radical (unpaired) electrons. The molecule has 0 aliphatic carbocycles. The molecule has 1 aliphatic rings. The largest absolute Gasteiger partial charge is 0.444 e. The number of carbonyl (C=O) groups is 1. The summed E-state index contributed by atoms with van der Waals surface area (Å²) < 4.78 is 5.30. The van der Waals surface area contributed by atoms with E-state index >= 15 is 0 Å². The van der Waals surface area contributed by atoms with Crippen LogP contribution in [0.2, 0.25) is 0 Å². The van der Waals surface area contributed by atoms with Crippen molar-refractivity contribution in [3.63, 3.8) is 0 Å². The summed E-state index contributed by atoms with van der Waals surface area (Å²) in [5.74, 6) is 0.735. The van der Waals surface area contributed by atoms with Crippen LogP contribution in [0, 0.1) is 0 Å². The van der Waals surface area contributed by atoms with Gasteiger partial charge in [-0.25, -0.2) is 4.79 Å². The molecule has 1 fully saturated rings. The van der Waals surface area contributed by atoms with Gasteiger partial charge in [0.2, 0.25) is 0 Å². The lowest BCUT2D eigenvalue weighted by Gasteiger charge is -2.34. The van der Waals surface area contributed by atoms with Gasteiger partial charge >= 0.3 is 6.09 Å². The molecular formula is C10H20N2O2S. The predicted octanol–water partition coefficient (Wildman–Crippen LogP) is 1.13. The highest BCUT2D eigenvalue weighted by molar-refractivity contribution is 7.80. The first-order valence-electron chi connectivity index (χ1n) is 5.24. The molecule has 1 atom stereocenters. The third-order valence-corrected chi connectivity index (χ3v) is 2.57. The molecular weight excluding hydrogens is 212 g/mol. The molecule has 4 nitrogen and oxygen atoms in total. The summed E-state index contributed by atoms with van der Waals surface area (Å²) in [5, 5.41) is 3.29. The van der Waals surface area contributed by atoms with Crippen molar-refractivity contribution < 1.29 is 9.53 Å². The van der Waals surface area contributed by atoms with Crippen molar-refractivity contribution in [3.05, 3.63) is 0 Å². The Hall–Kier alpha value is -0.420. The second-order valence-electron chi connectivity index (χ2n) is 4.76. The average molecular weight is 232 g/mol. The molecule has 1 rings (SSSR count). The molecule has 5 heteroatoms. The Kier molecular flexibility index (Phi) is 4.28. The Morgan fingerprint density at radius 1 is 1.60 bits per heavy atom. The number of nitrogens with one attached hydrogen (secondary N) is 1. The maximum Gasteiger partial charge on any atom is 0.410 e. The van der Waals surface area contributed by atoms with Crippen LogP contribution >= 0.6 is 12.6 Å². The molecule has 0 spiro atoms. The van der Waals surface area contributed by atoms with Gasteiger partial charge in [0.1, 0.15) is 5.60 Å². The number of nitrogens with zero attached hydrogens (tertiary/aromatic N) is 1. The van der Waals surface area contributed by atoms with Gasteiger partial charge in [-0.15, -0.1) is 0 Å². The van der Waals surface area contributed by atoms with Crippen LogP contribution in [0.25, 0.3) is 0 Å². The minimum atomic E-state index is -0.418. The van der Waals surface area contributed by atoms with E-state index in [9.17, 15) is 4.79 Å². The van der Waals surface area contributed by atoms with Crippen molar-refractivity contribution in [2.24, 2.45) is 0 Å². The van der Waals surface area contributed by atoms with E-state index in [0.717, 1.165) is 12.3 Å². The maximum absolute atomic E-state index is 11.7. The highest BCUT2D eigenvalue weighted by Gasteiger charge is 2.26. The van der Waals surface area contributed by atoms with Crippen molar-refractivity contribution in [3.8, 4) is 0 Å². The van der Waals surface area contributed by atoms with Gasteiger partial charge in [0, 0.05) is 31.4 Å². The van der Waals surface area contributed by atoms with E-state index in [2.05, 4.69) is 17.9 Å². The van der Waals surface area contributed by atoms with Crippen LogP contribution in [-0.2, 0) is 4.74 Å². The number of amides is 1. The molecule has 0 saturated carbocycles. The Balaban J connectivity index is 2.45. The zero-order valence-electron chi connectivity index (χ0n) is 9.62. The lowest BCUT2D eigenvalue weighted by Crippen LogP contribution is -2.54. The van der Waals surface area contributed by atoms with E-state index in [4.69, 9.17) is 4.74 Å². The van der Waals surface area contributed by atoms with E-state index in [0.29, 0.717) is 13.1 Å². The zero-order chi connectivity index (χ0) is 11.5. The smallest absolute Gasteiger partial charge is 0.410 e. The molecule has 1 saturated heterocycles. The molecule has 1 amide bonds. The van der Waals surface area contributed by atoms with E-state index in [1.165, 1.54) is 0 Å². The monoisotopic (exact) mass is 232 g/mol. The fourth-order valence-corrected chi connectivity index (χ4v) is 1.68. The van der Waals surface area contributed by atoms with Crippen LogP contribution in [0.5, 0.6) is 0 Å².